The van der Waals surface area contributed by atoms with Crippen LogP contribution in [0, 0.1) is 0 Å². The minimum Gasteiger partial charge on any atom is -0.297 e. The number of hydrazine groups is 1. The molecular weight excluding hydrogens is 502 g/mol. The van der Waals surface area contributed by atoms with Gasteiger partial charge in [0.25, 0.3) is 17.4 Å². The smallest absolute Gasteiger partial charge is 0.297 e. The highest BCUT2D eigenvalue weighted by Gasteiger charge is 2.19. The zero-order valence-corrected chi connectivity index (χ0v) is 21.0. The van der Waals surface area contributed by atoms with E-state index >= 15 is 0 Å². The number of thiazole rings is 1. The molecule has 4 rings (SSSR count). The van der Waals surface area contributed by atoms with Gasteiger partial charge in [-0.05, 0) is 43.7 Å². The predicted molar refractivity (Wildman–Crippen MR) is 138 cm³/mol. The third-order valence-electron chi connectivity index (χ3n) is 5.30. The lowest BCUT2D eigenvalue weighted by Crippen LogP contribution is -2.42. The number of hydrogen-bond acceptors (Lipinski definition) is 6. The Balaban J connectivity index is 1.59. The van der Waals surface area contributed by atoms with Crippen molar-refractivity contribution in [3.8, 4) is 10.6 Å². The summed E-state index contributed by atoms with van der Waals surface area (Å²) in [7, 11) is 0. The molecule has 0 radical (unpaired) electrons. The predicted octanol–water partition coefficient (Wildman–Crippen LogP) is 3.49. The fourth-order valence-corrected chi connectivity index (χ4v) is 4.32. The summed E-state index contributed by atoms with van der Waals surface area (Å²) >= 11 is 6.91. The van der Waals surface area contributed by atoms with E-state index in [1.54, 1.807) is 12.1 Å². The molecule has 2 aromatic carbocycles. The number of rotatable bonds is 6. The van der Waals surface area contributed by atoms with Crippen LogP contribution in [0.2, 0.25) is 5.02 Å². The van der Waals surface area contributed by atoms with Crippen LogP contribution in [-0.4, -0.2) is 25.9 Å². The van der Waals surface area contributed by atoms with E-state index in [1.165, 1.54) is 28.3 Å². The molecular formula is C25H22ClN5O4S. The quantitative estimate of drug-likeness (QED) is 0.375. The maximum atomic E-state index is 13.3. The van der Waals surface area contributed by atoms with Gasteiger partial charge in [-0.2, -0.15) is 0 Å². The molecule has 0 aliphatic heterocycles. The zero-order valence-electron chi connectivity index (χ0n) is 19.4. The van der Waals surface area contributed by atoms with Gasteiger partial charge in [0.1, 0.15) is 10.7 Å². The van der Waals surface area contributed by atoms with Crippen LogP contribution in [0.25, 0.3) is 10.6 Å². The summed E-state index contributed by atoms with van der Waals surface area (Å²) < 4.78 is 2.63. The van der Waals surface area contributed by atoms with Crippen LogP contribution in [-0.2, 0) is 6.54 Å². The molecule has 0 saturated carbocycles. The van der Waals surface area contributed by atoms with Crippen molar-refractivity contribution in [1.29, 1.82) is 0 Å². The summed E-state index contributed by atoms with van der Waals surface area (Å²) in [6.45, 7) is 3.79. The molecule has 0 bridgehead atoms. The van der Waals surface area contributed by atoms with Crippen molar-refractivity contribution in [2.24, 2.45) is 0 Å². The van der Waals surface area contributed by atoms with Crippen LogP contribution in [0.1, 0.15) is 46.3 Å². The Morgan fingerprint density at radius 3 is 2.33 bits per heavy atom. The molecule has 0 fully saturated rings. The number of nitrogens with one attached hydrogen (secondary N) is 2. The molecule has 4 aromatic rings. The minimum absolute atomic E-state index is 0.0164. The largest absolute Gasteiger partial charge is 0.331 e. The molecule has 2 amide bonds. The number of hydrogen-bond donors (Lipinski definition) is 2. The van der Waals surface area contributed by atoms with Crippen molar-refractivity contribution in [3.05, 3.63) is 109 Å². The SMILES string of the molecule is CC(C)n1cc(-c2nc(C(=O)NNC(=O)c3ccc(Cl)cc3)cs2)c(=O)n(Cc2ccccc2)c1=O. The van der Waals surface area contributed by atoms with Crippen molar-refractivity contribution in [1.82, 2.24) is 25.0 Å². The molecule has 0 saturated heterocycles. The Kier molecular flexibility index (Phi) is 7.47. The van der Waals surface area contributed by atoms with Crippen molar-refractivity contribution >= 4 is 34.8 Å². The van der Waals surface area contributed by atoms with Gasteiger partial charge in [0.15, 0.2) is 0 Å². The zero-order chi connectivity index (χ0) is 25.8. The van der Waals surface area contributed by atoms with Crippen molar-refractivity contribution < 1.29 is 9.59 Å². The van der Waals surface area contributed by atoms with E-state index in [4.69, 9.17) is 11.6 Å². The monoisotopic (exact) mass is 523 g/mol. The lowest BCUT2D eigenvalue weighted by atomic mass is 10.2. The van der Waals surface area contributed by atoms with Gasteiger partial charge in [0, 0.05) is 28.2 Å². The first-order chi connectivity index (χ1) is 17.2. The summed E-state index contributed by atoms with van der Waals surface area (Å²) in [5.74, 6) is -1.18. The molecule has 184 valence electrons. The third-order valence-corrected chi connectivity index (χ3v) is 6.43. The molecule has 36 heavy (non-hydrogen) atoms. The number of benzene rings is 2. The molecule has 0 aliphatic rings. The van der Waals surface area contributed by atoms with E-state index < -0.39 is 23.1 Å². The van der Waals surface area contributed by atoms with Gasteiger partial charge in [-0.15, -0.1) is 11.3 Å². The third kappa shape index (κ3) is 5.45. The average molecular weight is 524 g/mol. The summed E-state index contributed by atoms with van der Waals surface area (Å²) in [6.07, 6.45) is 1.47. The maximum Gasteiger partial charge on any atom is 0.331 e. The van der Waals surface area contributed by atoms with Crippen LogP contribution in [0.15, 0.2) is 75.8 Å². The number of carbonyl (C=O) groups is 2. The van der Waals surface area contributed by atoms with Gasteiger partial charge in [0.2, 0.25) is 0 Å². The van der Waals surface area contributed by atoms with Gasteiger partial charge in [0.05, 0.1) is 12.1 Å². The van der Waals surface area contributed by atoms with Crippen LogP contribution in [0.4, 0.5) is 0 Å². The van der Waals surface area contributed by atoms with E-state index in [-0.39, 0.29) is 28.9 Å². The number of nitrogens with zero attached hydrogens (tertiary/aromatic N) is 3. The maximum absolute atomic E-state index is 13.3. The lowest BCUT2D eigenvalue weighted by molar-refractivity contribution is 0.0844. The number of aromatic nitrogens is 3. The molecule has 0 spiro atoms. The summed E-state index contributed by atoms with van der Waals surface area (Å²) in [5.41, 5.74) is 5.03. The molecule has 9 nitrogen and oxygen atoms in total. The van der Waals surface area contributed by atoms with Gasteiger partial charge in [-0.3, -0.25) is 34.4 Å². The second kappa shape index (κ2) is 10.7. The van der Waals surface area contributed by atoms with E-state index in [9.17, 15) is 19.2 Å². The van der Waals surface area contributed by atoms with E-state index in [0.29, 0.717) is 10.6 Å². The first-order valence-electron chi connectivity index (χ1n) is 11.0. The first kappa shape index (κ1) is 25.1. The molecule has 2 aromatic heterocycles. The summed E-state index contributed by atoms with van der Waals surface area (Å²) in [4.78, 5) is 55.4. The molecule has 2 N–H and O–H groups in total. The minimum atomic E-state index is -0.651. The highest BCUT2D eigenvalue weighted by Crippen LogP contribution is 2.21. The van der Waals surface area contributed by atoms with Crippen LogP contribution < -0.4 is 22.1 Å². The Labute approximate surface area is 215 Å². The normalized spacial score (nSPS) is 10.9. The summed E-state index contributed by atoms with van der Waals surface area (Å²) in [6, 6.07) is 15.2. The van der Waals surface area contributed by atoms with Gasteiger partial charge < -0.3 is 0 Å². The van der Waals surface area contributed by atoms with E-state index in [0.717, 1.165) is 21.5 Å². The molecule has 2 heterocycles. The second-order valence-corrected chi connectivity index (χ2v) is 9.45. The summed E-state index contributed by atoms with van der Waals surface area (Å²) in [5, 5.41) is 2.24. The number of amides is 2. The van der Waals surface area contributed by atoms with Crippen LogP contribution in [0.3, 0.4) is 0 Å². The van der Waals surface area contributed by atoms with Crippen molar-refractivity contribution in [2.75, 3.05) is 0 Å². The Morgan fingerprint density at radius 2 is 1.67 bits per heavy atom. The fraction of sp³-hybridized carbons (Fsp3) is 0.160. The molecule has 11 heteroatoms. The lowest BCUT2D eigenvalue weighted by Gasteiger charge is -2.15. The topological polar surface area (TPSA) is 115 Å². The van der Waals surface area contributed by atoms with Crippen LogP contribution >= 0.6 is 22.9 Å². The van der Waals surface area contributed by atoms with Gasteiger partial charge >= 0.3 is 5.69 Å². The molecule has 0 unspecified atom stereocenters. The van der Waals surface area contributed by atoms with Gasteiger partial charge in [-0.1, -0.05) is 41.9 Å². The van der Waals surface area contributed by atoms with E-state index in [1.807, 2.05) is 44.2 Å². The van der Waals surface area contributed by atoms with E-state index in [2.05, 4.69) is 15.8 Å². The number of carbonyl (C=O) groups excluding carboxylic acids is 2. The highest BCUT2D eigenvalue weighted by atomic mass is 35.5. The Hall–Kier alpha value is -4.02. The van der Waals surface area contributed by atoms with Gasteiger partial charge in [-0.25, -0.2) is 9.78 Å². The van der Waals surface area contributed by atoms with Crippen LogP contribution in [0.5, 0.6) is 0 Å². The highest BCUT2D eigenvalue weighted by molar-refractivity contribution is 7.13. The van der Waals surface area contributed by atoms with Crippen molar-refractivity contribution in [3.63, 3.8) is 0 Å². The standard InChI is InChI=1S/C25H22ClN5O4S/c1-15(2)30-13-19(24(34)31(25(30)35)12-16-6-4-3-5-7-16)23-27-20(14-36-23)22(33)29-28-21(32)17-8-10-18(26)11-9-17/h3-11,13-15H,12H2,1-2H3,(H,28,32)(H,29,33). The Morgan fingerprint density at radius 1 is 1.00 bits per heavy atom. The average Bonchev–Trinajstić information content (AvgIpc) is 3.36. The second-order valence-electron chi connectivity index (χ2n) is 8.16. The number of halogens is 1. The fourth-order valence-electron chi connectivity index (χ4n) is 3.40. The first-order valence-corrected chi connectivity index (χ1v) is 12.2. The Bertz CT molecular complexity index is 1520. The van der Waals surface area contributed by atoms with Crippen molar-refractivity contribution in [2.45, 2.75) is 26.4 Å². The molecule has 0 atom stereocenters. The molecule has 0 aliphatic carbocycles.